The molecular weight excluding hydrogens is 249 g/mol. The Labute approximate surface area is 119 Å². The van der Waals surface area contributed by atoms with Crippen molar-refractivity contribution in [1.82, 2.24) is 0 Å². The van der Waals surface area contributed by atoms with Crippen LogP contribution < -0.4 is 5.32 Å². The zero-order valence-corrected chi connectivity index (χ0v) is 12.0. The highest BCUT2D eigenvalue weighted by Crippen LogP contribution is 2.40. The molecule has 1 saturated carbocycles. The molecule has 1 aliphatic rings. The second-order valence-corrected chi connectivity index (χ2v) is 5.85. The number of nitrogens with one attached hydrogen (secondary N) is 1. The summed E-state index contributed by atoms with van der Waals surface area (Å²) in [5, 5.41) is 3.33. The molecule has 1 nitrogen and oxygen atoms in total. The lowest BCUT2D eigenvalue weighted by atomic mass is 9.74. The molecule has 3 rings (SSSR count). The first-order valence-electron chi connectivity index (χ1n) is 7.21. The molecule has 0 aromatic heterocycles. The summed E-state index contributed by atoms with van der Waals surface area (Å²) in [5.41, 5.74) is 4.52. The number of rotatable bonds is 3. The van der Waals surface area contributed by atoms with Gasteiger partial charge in [0.2, 0.25) is 0 Å². The van der Waals surface area contributed by atoms with Gasteiger partial charge in [0, 0.05) is 6.04 Å². The molecule has 1 N–H and O–H groups in total. The first kappa shape index (κ1) is 13.2. The topological polar surface area (TPSA) is 12.0 Å². The fourth-order valence-corrected chi connectivity index (χ4v) is 3.00. The molecule has 0 atom stereocenters. The lowest BCUT2D eigenvalue weighted by Crippen LogP contribution is -2.34. The van der Waals surface area contributed by atoms with Crippen LogP contribution in [0.25, 0.3) is 0 Å². The molecule has 0 amide bonds. The summed E-state index contributed by atoms with van der Waals surface area (Å²) in [6, 6.07) is 14.2. The van der Waals surface area contributed by atoms with Gasteiger partial charge in [-0.05, 0) is 61.4 Å². The van der Waals surface area contributed by atoms with Crippen molar-refractivity contribution in [1.29, 1.82) is 0 Å². The van der Waals surface area contributed by atoms with Crippen molar-refractivity contribution < 1.29 is 4.39 Å². The number of anilines is 1. The van der Waals surface area contributed by atoms with Crippen LogP contribution in [-0.2, 0) is 0 Å². The van der Waals surface area contributed by atoms with Gasteiger partial charge in [0.25, 0.3) is 0 Å². The van der Waals surface area contributed by atoms with E-state index in [-0.39, 0.29) is 5.82 Å². The molecule has 0 bridgehead atoms. The van der Waals surface area contributed by atoms with Gasteiger partial charge in [-0.1, -0.05) is 30.3 Å². The molecule has 104 valence electrons. The Morgan fingerprint density at radius 1 is 1.05 bits per heavy atom. The summed E-state index contributed by atoms with van der Waals surface area (Å²) in [5.74, 6) is 0.455. The lowest BCUT2D eigenvalue weighted by Gasteiger charge is -2.37. The zero-order chi connectivity index (χ0) is 14.1. The van der Waals surface area contributed by atoms with E-state index in [1.807, 2.05) is 13.0 Å². The molecule has 1 fully saturated rings. The van der Waals surface area contributed by atoms with E-state index in [2.05, 4.69) is 36.5 Å². The van der Waals surface area contributed by atoms with Crippen LogP contribution in [0.5, 0.6) is 0 Å². The van der Waals surface area contributed by atoms with Gasteiger partial charge in [-0.25, -0.2) is 4.39 Å². The third kappa shape index (κ3) is 2.55. The molecule has 0 spiro atoms. The standard InChI is InChI=1S/C18H20FN/c1-12-7-8-17(19)18(9-12)20-15-10-14(11-15)16-6-4-3-5-13(16)2/h3-9,14-15,20H,10-11H2,1-2H3. The molecule has 1 aliphatic carbocycles. The molecule has 0 heterocycles. The van der Waals surface area contributed by atoms with Crippen molar-refractivity contribution in [3.8, 4) is 0 Å². The molecule has 0 radical (unpaired) electrons. The lowest BCUT2D eigenvalue weighted by molar-refractivity contribution is 0.371. The van der Waals surface area contributed by atoms with Gasteiger partial charge in [0.1, 0.15) is 5.82 Å². The Kier molecular flexibility index (Phi) is 3.47. The van der Waals surface area contributed by atoms with E-state index in [9.17, 15) is 4.39 Å². The molecule has 0 aliphatic heterocycles. The van der Waals surface area contributed by atoms with Crippen LogP contribution in [0.15, 0.2) is 42.5 Å². The van der Waals surface area contributed by atoms with Gasteiger partial charge >= 0.3 is 0 Å². The average molecular weight is 269 g/mol. The smallest absolute Gasteiger partial charge is 0.146 e. The van der Waals surface area contributed by atoms with E-state index in [0.717, 1.165) is 18.4 Å². The second kappa shape index (κ2) is 5.28. The number of aryl methyl sites for hydroxylation is 2. The highest BCUT2D eigenvalue weighted by molar-refractivity contribution is 5.48. The Balaban J connectivity index is 1.64. The predicted molar refractivity (Wildman–Crippen MR) is 81.7 cm³/mol. The van der Waals surface area contributed by atoms with Crippen LogP contribution in [0.3, 0.4) is 0 Å². The highest BCUT2D eigenvalue weighted by atomic mass is 19.1. The van der Waals surface area contributed by atoms with Crippen LogP contribution >= 0.6 is 0 Å². The van der Waals surface area contributed by atoms with E-state index in [4.69, 9.17) is 0 Å². The summed E-state index contributed by atoms with van der Waals surface area (Å²) < 4.78 is 13.7. The molecule has 0 saturated heterocycles. The highest BCUT2D eigenvalue weighted by Gasteiger charge is 2.31. The third-order valence-corrected chi connectivity index (χ3v) is 4.25. The van der Waals surface area contributed by atoms with Crippen molar-refractivity contribution in [3.05, 3.63) is 65.0 Å². The number of hydrogen-bond donors (Lipinski definition) is 1. The summed E-state index contributed by atoms with van der Waals surface area (Å²) in [6.45, 7) is 4.15. The quantitative estimate of drug-likeness (QED) is 0.844. The summed E-state index contributed by atoms with van der Waals surface area (Å²) in [4.78, 5) is 0. The normalized spacial score (nSPS) is 21.4. The molecule has 20 heavy (non-hydrogen) atoms. The van der Waals surface area contributed by atoms with Gasteiger partial charge in [-0.2, -0.15) is 0 Å². The minimum atomic E-state index is -0.157. The average Bonchev–Trinajstić information content (AvgIpc) is 2.38. The van der Waals surface area contributed by atoms with Crippen LogP contribution in [0.4, 0.5) is 10.1 Å². The van der Waals surface area contributed by atoms with Crippen LogP contribution in [-0.4, -0.2) is 6.04 Å². The van der Waals surface area contributed by atoms with Crippen molar-refractivity contribution >= 4 is 5.69 Å². The number of halogens is 1. The molecule has 2 heteroatoms. The fourth-order valence-electron chi connectivity index (χ4n) is 3.00. The van der Waals surface area contributed by atoms with E-state index in [1.54, 1.807) is 6.07 Å². The van der Waals surface area contributed by atoms with Crippen molar-refractivity contribution in [3.63, 3.8) is 0 Å². The monoisotopic (exact) mass is 269 g/mol. The van der Waals surface area contributed by atoms with E-state index < -0.39 is 0 Å². The van der Waals surface area contributed by atoms with E-state index >= 15 is 0 Å². The zero-order valence-electron chi connectivity index (χ0n) is 12.0. The molecule has 2 aromatic carbocycles. The van der Waals surface area contributed by atoms with Gasteiger partial charge in [0.15, 0.2) is 0 Å². The predicted octanol–water partition coefficient (Wildman–Crippen LogP) is 4.80. The molecule has 0 unspecified atom stereocenters. The van der Waals surface area contributed by atoms with E-state index in [1.165, 1.54) is 17.2 Å². The summed E-state index contributed by atoms with van der Waals surface area (Å²) in [6.07, 6.45) is 2.16. The van der Waals surface area contributed by atoms with Crippen LogP contribution in [0, 0.1) is 19.7 Å². The second-order valence-electron chi connectivity index (χ2n) is 5.85. The molecule has 2 aromatic rings. The van der Waals surface area contributed by atoms with Gasteiger partial charge in [-0.15, -0.1) is 0 Å². The van der Waals surface area contributed by atoms with Crippen LogP contribution in [0.2, 0.25) is 0 Å². The van der Waals surface area contributed by atoms with E-state index in [0.29, 0.717) is 17.6 Å². The maximum atomic E-state index is 13.7. The number of hydrogen-bond acceptors (Lipinski definition) is 1. The first-order chi connectivity index (χ1) is 9.63. The van der Waals surface area contributed by atoms with Crippen molar-refractivity contribution in [2.75, 3.05) is 5.32 Å². The van der Waals surface area contributed by atoms with Crippen molar-refractivity contribution in [2.45, 2.75) is 38.6 Å². The van der Waals surface area contributed by atoms with Gasteiger partial charge in [-0.3, -0.25) is 0 Å². The SMILES string of the molecule is Cc1ccc(F)c(NC2CC(c3ccccc3C)C2)c1. The van der Waals surface area contributed by atoms with Gasteiger partial charge in [0.05, 0.1) is 5.69 Å². The van der Waals surface area contributed by atoms with Gasteiger partial charge < -0.3 is 5.32 Å². The first-order valence-corrected chi connectivity index (χ1v) is 7.21. The van der Waals surface area contributed by atoms with Crippen molar-refractivity contribution in [2.24, 2.45) is 0 Å². The largest absolute Gasteiger partial charge is 0.380 e. The maximum absolute atomic E-state index is 13.7. The third-order valence-electron chi connectivity index (χ3n) is 4.25. The Morgan fingerprint density at radius 3 is 2.55 bits per heavy atom. The summed E-state index contributed by atoms with van der Waals surface area (Å²) in [7, 11) is 0. The Morgan fingerprint density at radius 2 is 1.80 bits per heavy atom. The Bertz CT molecular complexity index is 615. The van der Waals surface area contributed by atoms with Crippen LogP contribution in [0.1, 0.15) is 35.4 Å². The Hall–Kier alpha value is -1.83. The minimum Gasteiger partial charge on any atom is -0.380 e. The minimum absolute atomic E-state index is 0.157. The fraction of sp³-hybridized carbons (Fsp3) is 0.333. The summed E-state index contributed by atoms with van der Waals surface area (Å²) >= 11 is 0. The maximum Gasteiger partial charge on any atom is 0.146 e. The number of benzene rings is 2. The molecular formula is C18H20FN.